The number of oxime groups is 1. The van der Waals surface area contributed by atoms with Gasteiger partial charge in [0.15, 0.2) is 5.84 Å². The zero-order valence-electron chi connectivity index (χ0n) is 10.3. The first-order valence-electron chi connectivity index (χ1n) is 5.85. The summed E-state index contributed by atoms with van der Waals surface area (Å²) in [4.78, 5) is 4.01. The Labute approximate surface area is 107 Å². The van der Waals surface area contributed by atoms with Crippen molar-refractivity contribution in [1.82, 2.24) is 10.3 Å². The molecule has 1 aromatic heterocycles. The third-order valence-electron chi connectivity index (χ3n) is 2.45. The van der Waals surface area contributed by atoms with Gasteiger partial charge in [0.05, 0.1) is 0 Å². The summed E-state index contributed by atoms with van der Waals surface area (Å²) in [5.74, 6) is 2.64. The Morgan fingerprint density at radius 2 is 2.39 bits per heavy atom. The summed E-state index contributed by atoms with van der Waals surface area (Å²) in [5.41, 5.74) is 6.99. The lowest BCUT2D eigenvalue weighted by Gasteiger charge is -2.05. The first-order valence-corrected chi connectivity index (χ1v) is 5.85. The lowest BCUT2D eigenvalue weighted by molar-refractivity contribution is 0.318. The van der Waals surface area contributed by atoms with Gasteiger partial charge in [-0.15, -0.1) is 12.3 Å². The van der Waals surface area contributed by atoms with Crippen LogP contribution < -0.4 is 11.1 Å². The average Bonchev–Trinajstić information content (AvgIpc) is 2.42. The number of nitrogens with zero attached hydrogens (tertiary/aromatic N) is 2. The minimum absolute atomic E-state index is 0.0193. The molecule has 4 N–H and O–H groups in total. The predicted molar refractivity (Wildman–Crippen MR) is 71.1 cm³/mol. The number of aromatic nitrogens is 1. The third-order valence-corrected chi connectivity index (χ3v) is 2.45. The van der Waals surface area contributed by atoms with Gasteiger partial charge in [-0.3, -0.25) is 4.98 Å². The molecule has 5 heteroatoms. The van der Waals surface area contributed by atoms with Crippen LogP contribution in [0.2, 0.25) is 0 Å². The highest BCUT2D eigenvalue weighted by molar-refractivity contribution is 5.95. The molecule has 0 aliphatic carbocycles. The van der Waals surface area contributed by atoms with E-state index in [0.717, 1.165) is 37.9 Å². The van der Waals surface area contributed by atoms with E-state index in [1.165, 1.54) is 0 Å². The van der Waals surface area contributed by atoms with Crippen molar-refractivity contribution in [2.75, 3.05) is 6.54 Å². The van der Waals surface area contributed by atoms with E-state index in [1.54, 1.807) is 12.3 Å². The van der Waals surface area contributed by atoms with Crippen molar-refractivity contribution in [3.63, 3.8) is 0 Å². The van der Waals surface area contributed by atoms with Crippen LogP contribution in [0.3, 0.4) is 0 Å². The predicted octanol–water partition coefficient (Wildman–Crippen LogP) is 1.07. The van der Waals surface area contributed by atoms with Crippen molar-refractivity contribution in [1.29, 1.82) is 0 Å². The highest BCUT2D eigenvalue weighted by atomic mass is 16.4. The van der Waals surface area contributed by atoms with E-state index in [-0.39, 0.29) is 5.84 Å². The van der Waals surface area contributed by atoms with Crippen LogP contribution in [0.25, 0.3) is 0 Å². The summed E-state index contributed by atoms with van der Waals surface area (Å²) in [6, 6.07) is 3.69. The minimum atomic E-state index is 0.0193. The maximum absolute atomic E-state index is 8.57. The molecule has 1 rings (SSSR count). The quantitative estimate of drug-likeness (QED) is 0.168. The van der Waals surface area contributed by atoms with Crippen LogP contribution in [-0.4, -0.2) is 22.6 Å². The highest BCUT2D eigenvalue weighted by Crippen LogP contribution is 2.02. The summed E-state index contributed by atoms with van der Waals surface area (Å²) in [6.07, 6.45) is 9.73. The Morgan fingerprint density at radius 3 is 3.11 bits per heavy atom. The van der Waals surface area contributed by atoms with E-state index < -0.39 is 0 Å². The molecule has 0 spiro atoms. The molecule has 0 saturated heterocycles. The molecule has 0 bridgehead atoms. The molecule has 18 heavy (non-hydrogen) atoms. The number of amidine groups is 1. The molecule has 0 atom stereocenters. The Hall–Kier alpha value is -2.06. The molecule has 0 unspecified atom stereocenters. The lowest BCUT2D eigenvalue weighted by Crippen LogP contribution is -2.17. The molecule has 96 valence electrons. The number of unbranched alkanes of at least 4 members (excludes halogenated alkanes) is 2. The molecule has 1 heterocycles. The maximum atomic E-state index is 8.57. The zero-order valence-corrected chi connectivity index (χ0v) is 10.3. The topological polar surface area (TPSA) is 83.5 Å². The fraction of sp³-hybridized carbons (Fsp3) is 0.385. The second-order valence-corrected chi connectivity index (χ2v) is 3.87. The maximum Gasteiger partial charge on any atom is 0.188 e. The van der Waals surface area contributed by atoms with E-state index in [0.29, 0.717) is 5.69 Å². The smallest absolute Gasteiger partial charge is 0.188 e. The molecule has 5 nitrogen and oxygen atoms in total. The first kappa shape index (κ1) is 14.0. The second-order valence-electron chi connectivity index (χ2n) is 3.87. The number of rotatable bonds is 7. The summed E-state index contributed by atoms with van der Waals surface area (Å²) in [7, 11) is 0. The van der Waals surface area contributed by atoms with Crippen molar-refractivity contribution in [2.45, 2.75) is 25.8 Å². The van der Waals surface area contributed by atoms with Gasteiger partial charge in [0.25, 0.3) is 0 Å². The fourth-order valence-electron chi connectivity index (χ4n) is 1.49. The van der Waals surface area contributed by atoms with E-state index in [9.17, 15) is 0 Å². The molecule has 0 radical (unpaired) electrons. The largest absolute Gasteiger partial charge is 0.409 e. The van der Waals surface area contributed by atoms with Crippen LogP contribution in [0.15, 0.2) is 23.5 Å². The SMILES string of the molecule is C#CCCCCNCc1ccnc(/C(N)=N\O)c1. The van der Waals surface area contributed by atoms with Gasteiger partial charge in [0.2, 0.25) is 0 Å². The molecular weight excluding hydrogens is 228 g/mol. The number of pyridine rings is 1. The Kier molecular flexibility index (Phi) is 6.30. The highest BCUT2D eigenvalue weighted by Gasteiger charge is 2.01. The van der Waals surface area contributed by atoms with Gasteiger partial charge in [-0.05, 0) is 37.1 Å². The number of nitrogens with two attached hydrogens (primary N) is 1. The summed E-state index contributed by atoms with van der Waals surface area (Å²) in [6.45, 7) is 1.65. The number of terminal acetylenes is 1. The van der Waals surface area contributed by atoms with Crippen LogP contribution in [0.4, 0.5) is 0 Å². The van der Waals surface area contributed by atoms with Gasteiger partial charge in [0, 0.05) is 19.2 Å². The Bertz CT molecular complexity index is 437. The number of nitrogens with one attached hydrogen (secondary N) is 1. The van der Waals surface area contributed by atoms with Crippen LogP contribution in [0.5, 0.6) is 0 Å². The van der Waals surface area contributed by atoms with Crippen LogP contribution in [0.1, 0.15) is 30.5 Å². The van der Waals surface area contributed by atoms with Crippen molar-refractivity contribution >= 4 is 5.84 Å². The van der Waals surface area contributed by atoms with E-state index in [1.807, 2.05) is 6.07 Å². The van der Waals surface area contributed by atoms with Crippen LogP contribution >= 0.6 is 0 Å². The standard InChI is InChI=1S/C13H18N4O/c1-2-3-4-5-7-15-10-11-6-8-16-12(9-11)13(14)17-18/h1,6,8-9,15,18H,3-5,7,10H2,(H2,14,17). The first-order chi connectivity index (χ1) is 8.77. The normalized spacial score (nSPS) is 11.2. The summed E-state index contributed by atoms with van der Waals surface area (Å²) < 4.78 is 0. The van der Waals surface area contributed by atoms with Crippen molar-refractivity contribution in [3.8, 4) is 12.3 Å². The van der Waals surface area contributed by atoms with Crippen molar-refractivity contribution in [2.24, 2.45) is 10.9 Å². The monoisotopic (exact) mass is 246 g/mol. The molecule has 0 fully saturated rings. The van der Waals surface area contributed by atoms with Gasteiger partial charge in [-0.1, -0.05) is 5.16 Å². The van der Waals surface area contributed by atoms with E-state index in [4.69, 9.17) is 17.4 Å². The minimum Gasteiger partial charge on any atom is -0.409 e. The van der Waals surface area contributed by atoms with Gasteiger partial charge < -0.3 is 16.3 Å². The van der Waals surface area contributed by atoms with Crippen LogP contribution in [-0.2, 0) is 6.54 Å². The fourth-order valence-corrected chi connectivity index (χ4v) is 1.49. The zero-order chi connectivity index (χ0) is 13.2. The third kappa shape index (κ3) is 4.85. The molecule has 0 saturated carbocycles. The molecule has 0 amide bonds. The van der Waals surface area contributed by atoms with E-state index in [2.05, 4.69) is 21.4 Å². The molecule has 0 aliphatic heterocycles. The summed E-state index contributed by atoms with van der Waals surface area (Å²) in [5, 5.41) is 14.8. The lowest BCUT2D eigenvalue weighted by atomic mass is 10.2. The van der Waals surface area contributed by atoms with Crippen molar-refractivity contribution in [3.05, 3.63) is 29.6 Å². The second kappa shape index (κ2) is 8.09. The number of hydrogen-bond donors (Lipinski definition) is 3. The number of hydrogen-bond acceptors (Lipinski definition) is 4. The van der Waals surface area contributed by atoms with Crippen molar-refractivity contribution < 1.29 is 5.21 Å². The van der Waals surface area contributed by atoms with Gasteiger partial charge in [-0.25, -0.2) is 0 Å². The molecule has 1 aromatic rings. The molecule has 0 aromatic carbocycles. The van der Waals surface area contributed by atoms with Gasteiger partial charge in [-0.2, -0.15) is 0 Å². The Morgan fingerprint density at radius 1 is 1.56 bits per heavy atom. The van der Waals surface area contributed by atoms with Gasteiger partial charge >= 0.3 is 0 Å². The molecular formula is C13H18N4O. The Balaban J connectivity index is 2.37. The van der Waals surface area contributed by atoms with E-state index >= 15 is 0 Å². The van der Waals surface area contributed by atoms with Crippen LogP contribution in [0, 0.1) is 12.3 Å². The average molecular weight is 246 g/mol. The summed E-state index contributed by atoms with van der Waals surface area (Å²) >= 11 is 0. The molecule has 0 aliphatic rings. The van der Waals surface area contributed by atoms with Gasteiger partial charge in [0.1, 0.15) is 5.69 Å².